The zero-order chi connectivity index (χ0) is 33.7. The van der Waals surface area contributed by atoms with Crippen LogP contribution in [0.25, 0.3) is 0 Å². The number of carbonyl (C=O) groups is 4. The van der Waals surface area contributed by atoms with Crippen LogP contribution < -0.4 is 34.1 Å². The standard InChI is InChI=1S/C31H38N4O11/c1-6-8-32-27(36)18-12-23(43-4)25(14-20(18)33(3)30(39)40)45-9-7-10-46-26-15-21-19(13-24(26)44-5)28(37)34-16-17(2)11-22(34)29(38)35(21)31(41)42/h12-15,22,29,38H,2,6-11,16H2,1,3-5H3,(H,32,36)(H,39,40)(H,41,42)/t22-,29?/m0/s1. The molecule has 2 aromatic carbocycles. The molecular weight excluding hydrogens is 604 g/mol. The number of carboxylic acid groups (broad SMARTS) is 2. The molecule has 0 spiro atoms. The smallest absolute Gasteiger partial charge is 0.414 e. The summed E-state index contributed by atoms with van der Waals surface area (Å²) in [5, 5.41) is 33.3. The number of carbonyl (C=O) groups excluding carboxylic acids is 2. The van der Waals surface area contributed by atoms with E-state index in [0.717, 1.165) is 9.80 Å². The highest BCUT2D eigenvalue weighted by Gasteiger charge is 2.45. The van der Waals surface area contributed by atoms with E-state index in [9.17, 15) is 34.5 Å². The minimum Gasteiger partial charge on any atom is -0.493 e. The van der Waals surface area contributed by atoms with E-state index in [4.69, 9.17) is 18.9 Å². The second kappa shape index (κ2) is 14.3. The number of nitrogens with one attached hydrogen (secondary N) is 1. The Kier molecular flexibility index (Phi) is 10.5. The third-order valence-corrected chi connectivity index (χ3v) is 7.65. The first-order chi connectivity index (χ1) is 21.9. The maximum absolute atomic E-state index is 13.4. The molecule has 1 unspecified atom stereocenters. The van der Waals surface area contributed by atoms with Gasteiger partial charge in [0, 0.05) is 38.7 Å². The molecule has 1 saturated heterocycles. The van der Waals surface area contributed by atoms with Crippen molar-refractivity contribution in [3.8, 4) is 23.0 Å². The Bertz CT molecular complexity index is 1530. The summed E-state index contributed by atoms with van der Waals surface area (Å²) >= 11 is 0. The first kappa shape index (κ1) is 33.7. The second-order valence-corrected chi connectivity index (χ2v) is 10.7. The summed E-state index contributed by atoms with van der Waals surface area (Å²) in [6, 6.07) is 4.77. The van der Waals surface area contributed by atoms with E-state index in [1.54, 1.807) is 0 Å². The number of aliphatic hydroxyl groups is 1. The van der Waals surface area contributed by atoms with Crippen LogP contribution in [0, 0.1) is 0 Å². The van der Waals surface area contributed by atoms with Gasteiger partial charge in [0.05, 0.1) is 56.0 Å². The molecule has 0 radical (unpaired) electrons. The zero-order valence-corrected chi connectivity index (χ0v) is 26.1. The Labute approximate surface area is 265 Å². The Morgan fingerprint density at radius 3 is 2.24 bits per heavy atom. The molecule has 2 heterocycles. The van der Waals surface area contributed by atoms with E-state index in [-0.39, 0.29) is 71.7 Å². The number of hydrogen-bond donors (Lipinski definition) is 4. The molecular formula is C31H38N4O11. The van der Waals surface area contributed by atoms with Crippen molar-refractivity contribution in [2.24, 2.45) is 0 Å². The van der Waals surface area contributed by atoms with Gasteiger partial charge in [0.25, 0.3) is 11.8 Å². The molecule has 1 fully saturated rings. The Balaban J connectivity index is 1.52. The van der Waals surface area contributed by atoms with Crippen molar-refractivity contribution in [1.29, 1.82) is 0 Å². The molecule has 0 bridgehead atoms. The number of aliphatic hydroxyl groups excluding tert-OH is 1. The summed E-state index contributed by atoms with van der Waals surface area (Å²) in [5.41, 5.74) is 0.904. The van der Waals surface area contributed by atoms with Crippen molar-refractivity contribution in [1.82, 2.24) is 10.2 Å². The van der Waals surface area contributed by atoms with Crippen LogP contribution >= 0.6 is 0 Å². The van der Waals surface area contributed by atoms with Crippen LogP contribution in [0.1, 0.15) is 46.9 Å². The predicted octanol–water partition coefficient (Wildman–Crippen LogP) is 3.39. The van der Waals surface area contributed by atoms with Gasteiger partial charge in [0.15, 0.2) is 29.2 Å². The summed E-state index contributed by atoms with van der Waals surface area (Å²) < 4.78 is 22.6. The number of nitrogens with zero attached hydrogens (tertiary/aromatic N) is 3. The number of ether oxygens (including phenoxy) is 4. The molecule has 2 aliphatic heterocycles. The number of benzene rings is 2. The van der Waals surface area contributed by atoms with Gasteiger partial charge in [0.2, 0.25) is 0 Å². The summed E-state index contributed by atoms with van der Waals surface area (Å²) in [5.74, 6) is -0.171. The van der Waals surface area contributed by atoms with Crippen LogP contribution in [0.3, 0.4) is 0 Å². The molecule has 0 saturated carbocycles. The molecule has 2 atom stereocenters. The topological polar surface area (TPSA) is 188 Å². The number of methoxy groups -OCH3 is 2. The molecule has 2 aliphatic rings. The van der Waals surface area contributed by atoms with Crippen LogP contribution in [0.2, 0.25) is 0 Å². The van der Waals surface area contributed by atoms with Crippen molar-refractivity contribution >= 4 is 35.4 Å². The molecule has 2 aromatic rings. The van der Waals surface area contributed by atoms with Crippen LogP contribution in [0.15, 0.2) is 36.4 Å². The Morgan fingerprint density at radius 2 is 1.65 bits per heavy atom. The summed E-state index contributed by atoms with van der Waals surface area (Å²) in [6.07, 6.45) is -2.99. The van der Waals surface area contributed by atoms with Gasteiger partial charge in [-0.05, 0) is 25.0 Å². The second-order valence-electron chi connectivity index (χ2n) is 10.7. The third-order valence-electron chi connectivity index (χ3n) is 7.65. The quantitative estimate of drug-likeness (QED) is 0.196. The van der Waals surface area contributed by atoms with Crippen LogP contribution in [-0.4, -0.2) is 104 Å². The highest BCUT2D eigenvalue weighted by atomic mass is 16.5. The largest absolute Gasteiger partial charge is 0.493 e. The van der Waals surface area contributed by atoms with E-state index in [1.165, 1.54) is 50.4 Å². The van der Waals surface area contributed by atoms with Gasteiger partial charge in [-0.15, -0.1) is 0 Å². The van der Waals surface area contributed by atoms with E-state index >= 15 is 0 Å². The lowest BCUT2D eigenvalue weighted by molar-refractivity contribution is 0.0511. The first-order valence-electron chi connectivity index (χ1n) is 14.6. The van der Waals surface area contributed by atoms with Crippen LogP contribution in [0.5, 0.6) is 23.0 Å². The number of anilines is 2. The zero-order valence-electron chi connectivity index (χ0n) is 26.1. The molecule has 46 heavy (non-hydrogen) atoms. The lowest BCUT2D eigenvalue weighted by atomic mass is 10.1. The van der Waals surface area contributed by atoms with Gasteiger partial charge in [0.1, 0.15) is 0 Å². The fourth-order valence-electron chi connectivity index (χ4n) is 5.34. The molecule has 15 heteroatoms. The molecule has 0 aliphatic carbocycles. The normalized spacial score (nSPS) is 17.1. The highest BCUT2D eigenvalue weighted by Crippen LogP contribution is 2.42. The third kappa shape index (κ3) is 6.73. The number of hydrogen-bond acceptors (Lipinski definition) is 9. The molecule has 4 rings (SSSR count). The average molecular weight is 643 g/mol. The van der Waals surface area contributed by atoms with Crippen molar-refractivity contribution < 1.29 is 53.4 Å². The summed E-state index contributed by atoms with van der Waals surface area (Å²) in [7, 11) is 4.09. The lowest BCUT2D eigenvalue weighted by Gasteiger charge is -2.30. The van der Waals surface area contributed by atoms with Crippen LogP contribution in [0.4, 0.5) is 21.0 Å². The van der Waals surface area contributed by atoms with E-state index in [2.05, 4.69) is 11.9 Å². The number of amides is 4. The molecule has 4 N–H and O–H groups in total. The van der Waals surface area contributed by atoms with E-state index in [0.29, 0.717) is 25.0 Å². The lowest BCUT2D eigenvalue weighted by Crippen LogP contribution is -2.50. The van der Waals surface area contributed by atoms with Crippen molar-refractivity contribution in [3.63, 3.8) is 0 Å². The van der Waals surface area contributed by atoms with Gasteiger partial charge < -0.3 is 44.5 Å². The molecule has 248 valence electrons. The van der Waals surface area contributed by atoms with Crippen LogP contribution in [-0.2, 0) is 0 Å². The molecule has 0 aromatic heterocycles. The van der Waals surface area contributed by atoms with Crippen molar-refractivity contribution in [2.75, 3.05) is 57.4 Å². The van der Waals surface area contributed by atoms with E-state index < -0.39 is 36.3 Å². The highest BCUT2D eigenvalue weighted by molar-refractivity contribution is 6.06. The average Bonchev–Trinajstić information content (AvgIpc) is 3.40. The van der Waals surface area contributed by atoms with Gasteiger partial charge in [-0.2, -0.15) is 0 Å². The van der Waals surface area contributed by atoms with E-state index in [1.807, 2.05) is 6.92 Å². The monoisotopic (exact) mass is 642 g/mol. The maximum atomic E-state index is 13.4. The first-order valence-corrected chi connectivity index (χ1v) is 14.6. The number of fused-ring (bicyclic) bond motifs is 2. The minimum absolute atomic E-state index is 0.0345. The Hall–Kier alpha value is -5.18. The van der Waals surface area contributed by atoms with Crippen molar-refractivity contribution in [2.45, 2.75) is 38.5 Å². The number of rotatable bonds is 12. The SMILES string of the molecule is C=C1C[C@H]2C(O)N(C(=O)O)c3cc(OCCCOc4cc(N(C)C(=O)O)c(C(=O)NCCC)cc4OC)c(OC)cc3C(=O)N2C1. The maximum Gasteiger partial charge on any atom is 0.414 e. The van der Waals surface area contributed by atoms with Gasteiger partial charge in [-0.1, -0.05) is 19.1 Å². The predicted molar refractivity (Wildman–Crippen MR) is 166 cm³/mol. The Morgan fingerprint density at radius 1 is 1.02 bits per heavy atom. The summed E-state index contributed by atoms with van der Waals surface area (Å²) in [6.45, 7) is 6.54. The molecule has 15 nitrogen and oxygen atoms in total. The van der Waals surface area contributed by atoms with Crippen molar-refractivity contribution in [3.05, 3.63) is 47.5 Å². The minimum atomic E-state index is -1.53. The fraction of sp³-hybridized carbons (Fsp3) is 0.419. The fourth-order valence-corrected chi connectivity index (χ4v) is 5.34. The van der Waals surface area contributed by atoms with Gasteiger partial charge in [-0.25, -0.2) is 14.5 Å². The van der Waals surface area contributed by atoms with Gasteiger partial charge >= 0.3 is 12.2 Å². The summed E-state index contributed by atoms with van der Waals surface area (Å²) in [4.78, 5) is 53.2. The molecule has 4 amide bonds. The van der Waals surface area contributed by atoms with Gasteiger partial charge in [-0.3, -0.25) is 14.5 Å².